The van der Waals surface area contributed by atoms with Crippen LogP contribution in [0.5, 0.6) is 0 Å². The summed E-state index contributed by atoms with van der Waals surface area (Å²) in [5.41, 5.74) is 7.54. The van der Waals surface area contributed by atoms with Crippen molar-refractivity contribution < 1.29 is 5.11 Å². The fourth-order valence-corrected chi connectivity index (χ4v) is 4.00. The number of hydrogen-bond donors (Lipinski definition) is 2. The van der Waals surface area contributed by atoms with Crippen molar-refractivity contribution in [1.29, 1.82) is 0 Å². The summed E-state index contributed by atoms with van der Waals surface area (Å²) in [6.45, 7) is 10.9. The molecule has 0 aliphatic heterocycles. The Kier molecular flexibility index (Phi) is 6.58. The second-order valence-corrected chi connectivity index (χ2v) is 8.10. The van der Waals surface area contributed by atoms with Gasteiger partial charge in [0.05, 0.1) is 29.4 Å². The molecule has 5 heteroatoms. The van der Waals surface area contributed by atoms with Crippen LogP contribution in [0.1, 0.15) is 69.3 Å². The molecule has 1 atom stereocenters. The van der Waals surface area contributed by atoms with E-state index in [1.54, 1.807) is 0 Å². The molecule has 0 aliphatic rings. The summed E-state index contributed by atoms with van der Waals surface area (Å²) in [4.78, 5) is 9.94. The van der Waals surface area contributed by atoms with Crippen LogP contribution in [-0.4, -0.2) is 33.3 Å². The Labute approximate surface area is 174 Å². The quantitative estimate of drug-likeness (QED) is 0.532. The number of nitrogens with one attached hydrogen (secondary N) is 1. The van der Waals surface area contributed by atoms with Crippen molar-refractivity contribution in [2.75, 3.05) is 19.0 Å². The molecular weight excluding hydrogens is 360 g/mol. The minimum Gasteiger partial charge on any atom is -0.394 e. The van der Waals surface area contributed by atoms with Crippen LogP contribution in [0.3, 0.4) is 0 Å². The van der Waals surface area contributed by atoms with Gasteiger partial charge in [-0.25, -0.2) is 9.97 Å². The fraction of sp³-hybridized carbons (Fsp3) is 0.500. The third-order valence-electron chi connectivity index (χ3n) is 5.67. The van der Waals surface area contributed by atoms with Gasteiger partial charge in [0.15, 0.2) is 0 Å². The van der Waals surface area contributed by atoms with Crippen LogP contribution in [0.25, 0.3) is 22.3 Å². The van der Waals surface area contributed by atoms with E-state index in [2.05, 4.69) is 68.9 Å². The van der Waals surface area contributed by atoms with Gasteiger partial charge < -0.3 is 15.0 Å². The van der Waals surface area contributed by atoms with Gasteiger partial charge >= 0.3 is 0 Å². The van der Waals surface area contributed by atoms with Crippen molar-refractivity contribution in [3.8, 4) is 11.3 Å². The number of nitrogens with zero attached hydrogens (tertiary/aromatic N) is 3. The fourth-order valence-electron chi connectivity index (χ4n) is 4.00. The number of anilines is 1. The zero-order valence-corrected chi connectivity index (χ0v) is 18.6. The lowest BCUT2D eigenvalue weighted by Gasteiger charge is -2.18. The van der Waals surface area contributed by atoms with Crippen molar-refractivity contribution in [3.05, 3.63) is 41.2 Å². The lowest BCUT2D eigenvalue weighted by molar-refractivity contribution is 0.223. The minimum absolute atomic E-state index is 0.0911. The van der Waals surface area contributed by atoms with E-state index in [1.165, 1.54) is 5.56 Å². The first-order chi connectivity index (χ1) is 13.9. The number of hydrogen-bond acceptors (Lipinski definition) is 4. The van der Waals surface area contributed by atoms with Crippen LogP contribution in [0.15, 0.2) is 24.4 Å². The standard InChI is InChI=1S/C24H34N4O/c1-7-9-18(14-29)28-13-16(5)22-21(28)12-17(8-2)23(27-22)19-10-11-20(15(3)4)26-24(19)25-6/h10-13,15,18,29H,7-9,14H2,1-6H3,(H,25,26)/t18-/m0/s1. The SMILES string of the molecule is CCC[C@@H](CO)n1cc(C)c2nc(-c3ccc(C(C)C)nc3NC)c(CC)cc21. The predicted octanol–water partition coefficient (Wildman–Crippen LogP) is 5.47. The topological polar surface area (TPSA) is 63.0 Å². The Morgan fingerprint density at radius 2 is 1.93 bits per heavy atom. The molecule has 5 nitrogen and oxygen atoms in total. The summed E-state index contributed by atoms with van der Waals surface area (Å²) in [6.07, 6.45) is 5.01. The van der Waals surface area contributed by atoms with Crippen molar-refractivity contribution in [2.24, 2.45) is 0 Å². The van der Waals surface area contributed by atoms with Crippen molar-refractivity contribution in [3.63, 3.8) is 0 Å². The van der Waals surface area contributed by atoms with Gasteiger partial charge in [-0.2, -0.15) is 0 Å². The molecule has 0 unspecified atom stereocenters. The minimum atomic E-state index is 0.0911. The summed E-state index contributed by atoms with van der Waals surface area (Å²) in [5, 5.41) is 13.2. The van der Waals surface area contributed by atoms with Crippen molar-refractivity contribution in [1.82, 2.24) is 14.5 Å². The van der Waals surface area contributed by atoms with Gasteiger partial charge in [-0.15, -0.1) is 0 Å². The van der Waals surface area contributed by atoms with Gasteiger partial charge in [-0.1, -0.05) is 34.1 Å². The normalized spacial score (nSPS) is 12.7. The summed E-state index contributed by atoms with van der Waals surface area (Å²) in [7, 11) is 1.92. The van der Waals surface area contributed by atoms with Crippen LogP contribution in [0, 0.1) is 6.92 Å². The molecule has 29 heavy (non-hydrogen) atoms. The second kappa shape index (κ2) is 8.95. The molecule has 0 amide bonds. The number of aliphatic hydroxyl groups is 1. The highest BCUT2D eigenvalue weighted by molar-refractivity contribution is 5.86. The number of fused-ring (bicyclic) bond motifs is 1. The number of rotatable bonds is 8. The molecule has 0 fully saturated rings. The van der Waals surface area contributed by atoms with E-state index in [-0.39, 0.29) is 12.6 Å². The molecule has 0 aromatic carbocycles. The van der Waals surface area contributed by atoms with Crippen LogP contribution in [-0.2, 0) is 6.42 Å². The third-order valence-corrected chi connectivity index (χ3v) is 5.67. The number of aryl methyl sites for hydroxylation is 2. The highest BCUT2D eigenvalue weighted by Crippen LogP contribution is 2.34. The van der Waals surface area contributed by atoms with Gasteiger partial charge in [0.1, 0.15) is 5.82 Å². The van der Waals surface area contributed by atoms with Crippen molar-refractivity contribution >= 4 is 16.9 Å². The zero-order valence-electron chi connectivity index (χ0n) is 18.6. The highest BCUT2D eigenvalue weighted by atomic mass is 16.3. The molecule has 0 aliphatic carbocycles. The van der Waals surface area contributed by atoms with E-state index in [1.807, 2.05) is 7.05 Å². The van der Waals surface area contributed by atoms with E-state index < -0.39 is 0 Å². The molecule has 3 heterocycles. The molecule has 3 aromatic heterocycles. The first kappa shape index (κ1) is 21.3. The van der Waals surface area contributed by atoms with E-state index in [4.69, 9.17) is 9.97 Å². The molecule has 0 bridgehead atoms. The first-order valence-electron chi connectivity index (χ1n) is 10.8. The molecule has 0 radical (unpaired) electrons. The summed E-state index contributed by atoms with van der Waals surface area (Å²) >= 11 is 0. The van der Waals surface area contributed by atoms with Crippen molar-refractivity contribution in [2.45, 2.75) is 65.8 Å². The van der Waals surface area contributed by atoms with E-state index in [0.29, 0.717) is 5.92 Å². The summed E-state index contributed by atoms with van der Waals surface area (Å²) in [6, 6.07) is 6.58. The Balaban J connectivity index is 2.21. The first-order valence-corrected chi connectivity index (χ1v) is 10.8. The molecule has 0 saturated heterocycles. The monoisotopic (exact) mass is 394 g/mol. The number of aromatic nitrogens is 3. The molecule has 156 valence electrons. The Morgan fingerprint density at radius 1 is 1.17 bits per heavy atom. The molecule has 0 saturated carbocycles. The van der Waals surface area contributed by atoms with Crippen LogP contribution in [0.4, 0.5) is 5.82 Å². The lowest BCUT2D eigenvalue weighted by atomic mass is 10.0. The van der Waals surface area contributed by atoms with E-state index >= 15 is 0 Å². The maximum Gasteiger partial charge on any atom is 0.135 e. The number of pyridine rings is 2. The Bertz CT molecular complexity index is 990. The smallest absolute Gasteiger partial charge is 0.135 e. The van der Waals surface area contributed by atoms with Crippen LogP contribution >= 0.6 is 0 Å². The van der Waals surface area contributed by atoms with Gasteiger partial charge in [0, 0.05) is 24.5 Å². The Morgan fingerprint density at radius 3 is 2.52 bits per heavy atom. The molecule has 3 aromatic rings. The average molecular weight is 395 g/mol. The van der Waals surface area contributed by atoms with E-state index in [9.17, 15) is 5.11 Å². The van der Waals surface area contributed by atoms with Crippen LogP contribution < -0.4 is 5.32 Å². The maximum atomic E-state index is 9.92. The maximum absolute atomic E-state index is 9.92. The van der Waals surface area contributed by atoms with E-state index in [0.717, 1.165) is 58.6 Å². The van der Waals surface area contributed by atoms with Gasteiger partial charge in [0.2, 0.25) is 0 Å². The predicted molar refractivity (Wildman–Crippen MR) is 122 cm³/mol. The van der Waals surface area contributed by atoms with Gasteiger partial charge in [0.25, 0.3) is 0 Å². The highest BCUT2D eigenvalue weighted by Gasteiger charge is 2.19. The van der Waals surface area contributed by atoms with Gasteiger partial charge in [-0.05, 0) is 55.0 Å². The average Bonchev–Trinajstić information content (AvgIpc) is 3.05. The molecule has 3 rings (SSSR count). The molecule has 2 N–H and O–H groups in total. The molecular formula is C24H34N4O. The number of aliphatic hydroxyl groups excluding tert-OH is 1. The molecule has 0 spiro atoms. The lowest BCUT2D eigenvalue weighted by Crippen LogP contribution is -2.12. The third kappa shape index (κ3) is 4.01. The zero-order chi connectivity index (χ0) is 21.1. The summed E-state index contributed by atoms with van der Waals surface area (Å²) in [5.74, 6) is 1.25. The summed E-state index contributed by atoms with van der Waals surface area (Å²) < 4.78 is 2.21. The van der Waals surface area contributed by atoms with Gasteiger partial charge in [-0.3, -0.25) is 0 Å². The Hall–Kier alpha value is -2.40. The largest absolute Gasteiger partial charge is 0.394 e. The second-order valence-electron chi connectivity index (χ2n) is 8.10. The van der Waals surface area contributed by atoms with Crippen LogP contribution in [0.2, 0.25) is 0 Å².